The number of aromatic nitrogens is 2. The van der Waals surface area contributed by atoms with Crippen molar-refractivity contribution >= 4 is 23.8 Å². The average Bonchev–Trinajstić information content (AvgIpc) is 2.65. The summed E-state index contributed by atoms with van der Waals surface area (Å²) in [6.07, 6.45) is 3.47. The molecule has 1 amide bonds. The molecule has 1 aliphatic rings. The fraction of sp³-hybridized carbons (Fsp3) is 0.368. The van der Waals surface area contributed by atoms with Crippen molar-refractivity contribution in [1.82, 2.24) is 19.8 Å². The van der Waals surface area contributed by atoms with Crippen molar-refractivity contribution in [3.05, 3.63) is 47.3 Å². The number of amides is 1. The molecule has 1 fully saturated rings. The summed E-state index contributed by atoms with van der Waals surface area (Å²) in [6, 6.07) is 7.44. The van der Waals surface area contributed by atoms with E-state index in [1.165, 1.54) is 0 Å². The first-order chi connectivity index (χ1) is 12.6. The number of hydrogen-bond donors (Lipinski definition) is 1. The number of likely N-dealkylation sites (N-methyl/N-ethyl adjacent to an activating group) is 1. The molecule has 0 aliphatic carbocycles. The van der Waals surface area contributed by atoms with E-state index in [0.717, 1.165) is 43.1 Å². The van der Waals surface area contributed by atoms with Gasteiger partial charge in [0, 0.05) is 62.5 Å². The Balaban J connectivity index is 1.66. The van der Waals surface area contributed by atoms with Crippen LogP contribution in [0.25, 0.3) is 0 Å². The van der Waals surface area contributed by atoms with Crippen molar-refractivity contribution in [2.45, 2.75) is 6.92 Å². The van der Waals surface area contributed by atoms with Crippen molar-refractivity contribution < 1.29 is 4.79 Å². The molecule has 7 heteroatoms. The summed E-state index contributed by atoms with van der Waals surface area (Å²) in [6.45, 7) is 5.30. The molecule has 0 bridgehead atoms. The van der Waals surface area contributed by atoms with E-state index >= 15 is 0 Å². The Morgan fingerprint density at radius 1 is 1.19 bits per heavy atom. The van der Waals surface area contributed by atoms with Crippen LogP contribution in [0.5, 0.6) is 0 Å². The van der Waals surface area contributed by atoms with Gasteiger partial charge in [-0.3, -0.25) is 9.79 Å². The van der Waals surface area contributed by atoms with Crippen LogP contribution >= 0.6 is 0 Å². The lowest BCUT2D eigenvalue weighted by Crippen LogP contribution is -2.47. The van der Waals surface area contributed by atoms with Gasteiger partial charge in [-0.05, 0) is 38.2 Å². The molecule has 0 saturated carbocycles. The molecule has 2 heterocycles. The Labute approximate surface area is 153 Å². The molecule has 0 radical (unpaired) electrons. The number of carbonyl (C=O) groups is 1. The SMILES string of the molecule is CN=Cc1cnc(Nc2ccc(C(=O)N3CCN(C)CC3)cc2)nc1C. The zero-order chi connectivity index (χ0) is 18.5. The molecule has 7 nitrogen and oxygen atoms in total. The van der Waals surface area contributed by atoms with Crippen LogP contribution in [0.3, 0.4) is 0 Å². The summed E-state index contributed by atoms with van der Waals surface area (Å²) in [5, 5.41) is 3.17. The van der Waals surface area contributed by atoms with Crippen molar-refractivity contribution in [2.24, 2.45) is 4.99 Å². The van der Waals surface area contributed by atoms with E-state index in [-0.39, 0.29) is 5.91 Å². The number of benzene rings is 1. The van der Waals surface area contributed by atoms with E-state index < -0.39 is 0 Å². The molecule has 26 heavy (non-hydrogen) atoms. The number of nitrogens with one attached hydrogen (secondary N) is 1. The average molecular weight is 352 g/mol. The highest BCUT2D eigenvalue weighted by atomic mass is 16.2. The van der Waals surface area contributed by atoms with Gasteiger partial charge in [0.1, 0.15) is 0 Å². The van der Waals surface area contributed by atoms with Crippen LogP contribution in [0.15, 0.2) is 35.5 Å². The van der Waals surface area contributed by atoms with Gasteiger partial charge in [0.15, 0.2) is 0 Å². The summed E-state index contributed by atoms with van der Waals surface area (Å²) in [5.41, 5.74) is 3.30. The van der Waals surface area contributed by atoms with Crippen LogP contribution in [0.2, 0.25) is 0 Å². The van der Waals surface area contributed by atoms with Crippen LogP contribution in [-0.2, 0) is 0 Å². The smallest absolute Gasteiger partial charge is 0.253 e. The summed E-state index contributed by atoms with van der Waals surface area (Å²) in [7, 11) is 3.80. The molecule has 1 aromatic heterocycles. The Kier molecular flexibility index (Phi) is 5.58. The first kappa shape index (κ1) is 18.0. The minimum Gasteiger partial charge on any atom is -0.336 e. The monoisotopic (exact) mass is 352 g/mol. The highest BCUT2D eigenvalue weighted by Crippen LogP contribution is 2.16. The van der Waals surface area contributed by atoms with Crippen LogP contribution < -0.4 is 5.32 Å². The summed E-state index contributed by atoms with van der Waals surface area (Å²) in [5.74, 6) is 0.605. The van der Waals surface area contributed by atoms with Crippen LogP contribution in [-0.4, -0.2) is 72.2 Å². The molecule has 2 aromatic rings. The van der Waals surface area contributed by atoms with Crippen molar-refractivity contribution in [3.63, 3.8) is 0 Å². The quantitative estimate of drug-likeness (QED) is 0.852. The number of nitrogens with zero attached hydrogens (tertiary/aromatic N) is 5. The van der Waals surface area contributed by atoms with Crippen LogP contribution in [0.1, 0.15) is 21.6 Å². The maximum absolute atomic E-state index is 12.6. The second kappa shape index (κ2) is 8.05. The third kappa shape index (κ3) is 4.23. The fourth-order valence-corrected chi connectivity index (χ4v) is 2.82. The fourth-order valence-electron chi connectivity index (χ4n) is 2.82. The second-order valence-corrected chi connectivity index (χ2v) is 6.42. The predicted molar refractivity (Wildman–Crippen MR) is 103 cm³/mol. The minimum atomic E-state index is 0.0833. The van der Waals surface area contributed by atoms with Gasteiger partial charge in [-0.15, -0.1) is 0 Å². The zero-order valence-corrected chi connectivity index (χ0v) is 15.4. The van der Waals surface area contributed by atoms with E-state index in [0.29, 0.717) is 11.5 Å². The molecule has 0 spiro atoms. The zero-order valence-electron chi connectivity index (χ0n) is 15.4. The van der Waals surface area contributed by atoms with E-state index in [4.69, 9.17) is 0 Å². The standard InChI is InChI=1S/C19H24N6O/c1-14-16(12-20-2)13-21-19(22-14)23-17-6-4-15(5-7-17)18(26)25-10-8-24(3)9-11-25/h4-7,12-13H,8-11H2,1-3H3,(H,21,22,23). The van der Waals surface area contributed by atoms with Gasteiger partial charge in [-0.2, -0.15) is 0 Å². The maximum atomic E-state index is 12.6. The molecule has 3 rings (SSSR count). The van der Waals surface area contributed by atoms with Gasteiger partial charge in [-0.25, -0.2) is 9.97 Å². The first-order valence-corrected chi connectivity index (χ1v) is 8.67. The molecular weight excluding hydrogens is 328 g/mol. The Morgan fingerprint density at radius 2 is 1.88 bits per heavy atom. The molecular formula is C19H24N6O. The van der Waals surface area contributed by atoms with Crippen LogP contribution in [0, 0.1) is 6.92 Å². The molecule has 1 aromatic carbocycles. The lowest BCUT2D eigenvalue weighted by molar-refractivity contribution is 0.0664. The molecule has 0 unspecified atom stereocenters. The van der Waals surface area contributed by atoms with Crippen molar-refractivity contribution in [1.29, 1.82) is 0 Å². The summed E-state index contributed by atoms with van der Waals surface area (Å²) in [4.78, 5) is 29.4. The van der Waals surface area contributed by atoms with Gasteiger partial charge in [0.05, 0.1) is 5.69 Å². The number of aryl methyl sites for hydroxylation is 1. The maximum Gasteiger partial charge on any atom is 0.253 e. The number of aliphatic imine (C=N–C) groups is 1. The first-order valence-electron chi connectivity index (χ1n) is 8.67. The van der Waals surface area contributed by atoms with Gasteiger partial charge < -0.3 is 15.1 Å². The molecule has 0 atom stereocenters. The number of piperazine rings is 1. The Hall–Kier alpha value is -2.80. The third-order valence-corrected chi connectivity index (χ3v) is 4.46. The van der Waals surface area contributed by atoms with E-state index in [1.54, 1.807) is 19.5 Å². The molecule has 1 N–H and O–H groups in total. The van der Waals surface area contributed by atoms with E-state index in [9.17, 15) is 4.79 Å². The van der Waals surface area contributed by atoms with Gasteiger partial charge >= 0.3 is 0 Å². The number of hydrogen-bond acceptors (Lipinski definition) is 6. The highest BCUT2D eigenvalue weighted by Gasteiger charge is 2.20. The predicted octanol–water partition coefficient (Wildman–Crippen LogP) is 1.96. The molecule has 136 valence electrons. The molecule has 1 saturated heterocycles. The normalized spacial score (nSPS) is 15.4. The van der Waals surface area contributed by atoms with Crippen molar-refractivity contribution in [2.75, 3.05) is 45.6 Å². The minimum absolute atomic E-state index is 0.0833. The Morgan fingerprint density at radius 3 is 2.50 bits per heavy atom. The highest BCUT2D eigenvalue weighted by molar-refractivity contribution is 5.94. The van der Waals surface area contributed by atoms with Crippen molar-refractivity contribution in [3.8, 4) is 0 Å². The lowest BCUT2D eigenvalue weighted by atomic mass is 10.1. The van der Waals surface area contributed by atoms with Crippen LogP contribution in [0.4, 0.5) is 11.6 Å². The van der Waals surface area contributed by atoms with Gasteiger partial charge in [-0.1, -0.05) is 0 Å². The second-order valence-electron chi connectivity index (χ2n) is 6.42. The van der Waals surface area contributed by atoms with E-state index in [2.05, 4.69) is 32.2 Å². The summed E-state index contributed by atoms with van der Waals surface area (Å²) < 4.78 is 0. The van der Waals surface area contributed by atoms with Gasteiger partial charge in [0.2, 0.25) is 5.95 Å². The Bertz CT molecular complexity index is 794. The number of carbonyl (C=O) groups excluding carboxylic acids is 1. The van der Waals surface area contributed by atoms with Gasteiger partial charge in [0.25, 0.3) is 5.91 Å². The third-order valence-electron chi connectivity index (χ3n) is 4.46. The largest absolute Gasteiger partial charge is 0.336 e. The summed E-state index contributed by atoms with van der Waals surface area (Å²) >= 11 is 0. The van der Waals surface area contributed by atoms with E-state index in [1.807, 2.05) is 36.1 Å². The molecule has 1 aliphatic heterocycles. The number of anilines is 2. The number of rotatable bonds is 4. The topological polar surface area (TPSA) is 73.7 Å². The lowest BCUT2D eigenvalue weighted by Gasteiger charge is -2.32.